The van der Waals surface area contributed by atoms with Gasteiger partial charge in [-0.05, 0) is 68.2 Å². The van der Waals surface area contributed by atoms with E-state index in [1.165, 1.54) is 56.3 Å². The third-order valence-electron chi connectivity index (χ3n) is 4.02. The number of aryl methyl sites for hydroxylation is 1. The van der Waals surface area contributed by atoms with E-state index in [4.69, 9.17) is 0 Å². The van der Waals surface area contributed by atoms with E-state index in [1.54, 1.807) is 0 Å². The molecule has 1 aromatic rings. The van der Waals surface area contributed by atoms with Gasteiger partial charge >= 0.3 is 0 Å². The smallest absolute Gasteiger partial charge is 0.00462 e. The van der Waals surface area contributed by atoms with Gasteiger partial charge < -0.3 is 5.32 Å². The molecule has 0 saturated carbocycles. The first-order chi connectivity index (χ1) is 8.74. The van der Waals surface area contributed by atoms with Crippen LogP contribution in [0.15, 0.2) is 24.3 Å². The summed E-state index contributed by atoms with van der Waals surface area (Å²) in [5, 5.41) is 3.44. The number of hydrogen-bond acceptors (Lipinski definition) is 1. The van der Waals surface area contributed by atoms with Crippen molar-refractivity contribution < 1.29 is 0 Å². The van der Waals surface area contributed by atoms with Crippen LogP contribution in [0.2, 0.25) is 0 Å². The number of nitrogens with one attached hydrogen (secondary N) is 1. The molecule has 1 nitrogen and oxygen atoms in total. The fourth-order valence-electron chi connectivity index (χ4n) is 2.72. The van der Waals surface area contributed by atoms with Gasteiger partial charge in [0.05, 0.1) is 0 Å². The molecule has 1 heterocycles. The van der Waals surface area contributed by atoms with E-state index in [1.807, 2.05) is 0 Å². The summed E-state index contributed by atoms with van der Waals surface area (Å²) in [4.78, 5) is 0. The highest BCUT2D eigenvalue weighted by Gasteiger charge is 2.13. The van der Waals surface area contributed by atoms with Crippen LogP contribution >= 0.6 is 0 Å². The largest absolute Gasteiger partial charge is 0.317 e. The van der Waals surface area contributed by atoms with Gasteiger partial charge in [-0.3, -0.25) is 0 Å². The van der Waals surface area contributed by atoms with E-state index in [-0.39, 0.29) is 0 Å². The van der Waals surface area contributed by atoms with E-state index in [9.17, 15) is 0 Å². The molecule has 1 heteroatoms. The zero-order valence-corrected chi connectivity index (χ0v) is 11.9. The highest BCUT2D eigenvalue weighted by atomic mass is 14.9. The van der Waals surface area contributed by atoms with Gasteiger partial charge in [0.25, 0.3) is 0 Å². The van der Waals surface area contributed by atoms with Gasteiger partial charge in [0, 0.05) is 0 Å². The minimum atomic E-state index is 0.805. The van der Waals surface area contributed by atoms with Crippen LogP contribution in [0.4, 0.5) is 0 Å². The molecule has 0 atom stereocenters. The maximum absolute atomic E-state index is 3.44. The average molecular weight is 245 g/mol. The van der Waals surface area contributed by atoms with Crippen molar-refractivity contribution in [3.63, 3.8) is 0 Å². The average Bonchev–Trinajstić information content (AvgIpc) is 2.39. The van der Waals surface area contributed by atoms with Gasteiger partial charge in [-0.15, -0.1) is 0 Å². The fourth-order valence-corrected chi connectivity index (χ4v) is 2.72. The molecule has 0 unspecified atom stereocenters. The Morgan fingerprint density at radius 1 is 1.06 bits per heavy atom. The van der Waals surface area contributed by atoms with Gasteiger partial charge in [0.1, 0.15) is 0 Å². The molecule has 0 aliphatic carbocycles. The first kappa shape index (κ1) is 13.6. The van der Waals surface area contributed by atoms with Crippen molar-refractivity contribution in [3.05, 3.63) is 35.4 Å². The van der Waals surface area contributed by atoms with Crippen LogP contribution in [0, 0.1) is 11.8 Å². The second-order valence-corrected chi connectivity index (χ2v) is 6.15. The molecule has 0 radical (unpaired) electrons. The van der Waals surface area contributed by atoms with Crippen LogP contribution in [0.25, 0.3) is 0 Å². The Balaban J connectivity index is 1.83. The predicted octanol–water partition coefficient (Wildman–Crippen LogP) is 3.82. The summed E-state index contributed by atoms with van der Waals surface area (Å²) in [6.07, 6.45) is 6.48. The molecule has 0 aromatic heterocycles. The molecule has 0 spiro atoms. The predicted molar refractivity (Wildman–Crippen MR) is 78.9 cm³/mol. The quantitative estimate of drug-likeness (QED) is 0.831. The third kappa shape index (κ3) is 4.45. The lowest BCUT2D eigenvalue weighted by molar-refractivity contribution is 0.372. The summed E-state index contributed by atoms with van der Waals surface area (Å²) in [6.45, 7) is 7.01. The second kappa shape index (κ2) is 6.94. The molecule has 0 amide bonds. The third-order valence-corrected chi connectivity index (χ3v) is 4.02. The first-order valence-corrected chi connectivity index (χ1v) is 7.52. The van der Waals surface area contributed by atoms with Crippen LogP contribution in [0.3, 0.4) is 0 Å². The van der Waals surface area contributed by atoms with E-state index in [2.05, 4.69) is 43.4 Å². The van der Waals surface area contributed by atoms with Crippen molar-refractivity contribution in [2.45, 2.75) is 46.0 Å². The highest BCUT2D eigenvalue weighted by Crippen LogP contribution is 2.19. The van der Waals surface area contributed by atoms with E-state index >= 15 is 0 Å². The molecule has 1 aliphatic rings. The molecule has 18 heavy (non-hydrogen) atoms. The van der Waals surface area contributed by atoms with E-state index < -0.39 is 0 Å². The van der Waals surface area contributed by atoms with Crippen molar-refractivity contribution in [1.29, 1.82) is 0 Å². The lowest BCUT2D eigenvalue weighted by Crippen LogP contribution is -2.28. The van der Waals surface area contributed by atoms with Crippen molar-refractivity contribution in [3.8, 4) is 0 Å². The molecule has 1 fully saturated rings. The maximum atomic E-state index is 3.44. The SMILES string of the molecule is CC(C)CCc1ccc(CC2CCNCC2)cc1. The summed E-state index contributed by atoms with van der Waals surface area (Å²) < 4.78 is 0. The number of rotatable bonds is 5. The number of benzene rings is 1. The topological polar surface area (TPSA) is 12.0 Å². The van der Waals surface area contributed by atoms with Gasteiger partial charge in [0.15, 0.2) is 0 Å². The first-order valence-electron chi connectivity index (χ1n) is 7.52. The number of piperidine rings is 1. The van der Waals surface area contributed by atoms with Crippen LogP contribution in [0.5, 0.6) is 0 Å². The van der Waals surface area contributed by atoms with Crippen molar-refractivity contribution >= 4 is 0 Å². The molecule has 1 aromatic carbocycles. The summed E-state index contributed by atoms with van der Waals surface area (Å²) in [5.74, 6) is 1.70. The Kier molecular flexibility index (Phi) is 5.25. The van der Waals surface area contributed by atoms with Crippen molar-refractivity contribution in [1.82, 2.24) is 5.32 Å². The minimum absolute atomic E-state index is 0.805. The lowest BCUT2D eigenvalue weighted by atomic mass is 9.90. The second-order valence-electron chi connectivity index (χ2n) is 6.15. The Hall–Kier alpha value is -0.820. The number of hydrogen-bond donors (Lipinski definition) is 1. The van der Waals surface area contributed by atoms with Crippen molar-refractivity contribution in [2.24, 2.45) is 11.8 Å². The van der Waals surface area contributed by atoms with Crippen LogP contribution in [0.1, 0.15) is 44.2 Å². The van der Waals surface area contributed by atoms with E-state index in [0.717, 1.165) is 11.8 Å². The molecular formula is C17H27N. The van der Waals surface area contributed by atoms with Crippen LogP contribution in [-0.2, 0) is 12.8 Å². The van der Waals surface area contributed by atoms with Gasteiger partial charge in [0.2, 0.25) is 0 Å². The molecule has 100 valence electrons. The Bertz CT molecular complexity index is 333. The van der Waals surface area contributed by atoms with Crippen molar-refractivity contribution in [2.75, 3.05) is 13.1 Å². The summed E-state index contributed by atoms with van der Waals surface area (Å²) in [7, 11) is 0. The molecular weight excluding hydrogens is 218 g/mol. The van der Waals surface area contributed by atoms with Gasteiger partial charge in [-0.1, -0.05) is 38.1 Å². The van der Waals surface area contributed by atoms with Crippen LogP contribution < -0.4 is 5.32 Å². The molecule has 2 rings (SSSR count). The summed E-state index contributed by atoms with van der Waals surface area (Å²) >= 11 is 0. The minimum Gasteiger partial charge on any atom is -0.317 e. The zero-order chi connectivity index (χ0) is 12.8. The molecule has 0 bridgehead atoms. The molecule has 1 aliphatic heterocycles. The molecule has 1 N–H and O–H groups in total. The summed E-state index contributed by atoms with van der Waals surface area (Å²) in [5.41, 5.74) is 3.02. The van der Waals surface area contributed by atoms with Gasteiger partial charge in [-0.2, -0.15) is 0 Å². The standard InChI is InChI=1S/C17H27N/c1-14(2)3-4-15-5-7-16(8-6-15)13-17-9-11-18-12-10-17/h5-8,14,17-18H,3-4,9-13H2,1-2H3. The fraction of sp³-hybridized carbons (Fsp3) is 0.647. The maximum Gasteiger partial charge on any atom is -0.00462 e. The Morgan fingerprint density at radius 3 is 2.28 bits per heavy atom. The van der Waals surface area contributed by atoms with Crippen LogP contribution in [-0.4, -0.2) is 13.1 Å². The lowest BCUT2D eigenvalue weighted by Gasteiger charge is -2.22. The Morgan fingerprint density at radius 2 is 1.67 bits per heavy atom. The zero-order valence-electron chi connectivity index (χ0n) is 11.9. The monoisotopic (exact) mass is 245 g/mol. The van der Waals surface area contributed by atoms with E-state index in [0.29, 0.717) is 0 Å². The normalized spacial score (nSPS) is 17.3. The molecule has 1 saturated heterocycles. The van der Waals surface area contributed by atoms with Gasteiger partial charge in [-0.25, -0.2) is 0 Å². The highest BCUT2D eigenvalue weighted by molar-refractivity contribution is 5.23. The Labute approximate surface area is 112 Å². The summed E-state index contributed by atoms with van der Waals surface area (Å²) in [6, 6.07) is 9.35.